The van der Waals surface area contributed by atoms with Crippen molar-refractivity contribution in [1.82, 2.24) is 0 Å². The van der Waals surface area contributed by atoms with E-state index in [2.05, 4.69) is 69.0 Å². The van der Waals surface area contributed by atoms with Crippen molar-refractivity contribution in [2.24, 2.45) is 0 Å². The van der Waals surface area contributed by atoms with Gasteiger partial charge >= 0.3 is 164 Å². The van der Waals surface area contributed by atoms with Crippen LogP contribution in [0.3, 0.4) is 0 Å². The number of benzene rings is 1. The van der Waals surface area contributed by atoms with Crippen LogP contribution in [0, 0.1) is 0 Å². The Hall–Kier alpha value is 0.501. The van der Waals surface area contributed by atoms with Crippen molar-refractivity contribution < 1.29 is 13.4 Å². The second kappa shape index (κ2) is 8.46. The predicted molar refractivity (Wildman–Crippen MR) is 110 cm³/mol. The number of hydrogen-bond donors (Lipinski definition) is 0. The van der Waals surface area contributed by atoms with E-state index in [-0.39, 0.29) is 3.34 Å². The third-order valence-electron chi connectivity index (χ3n) is 5.43. The van der Waals surface area contributed by atoms with Gasteiger partial charge in [-0.15, -0.1) is 0 Å². The van der Waals surface area contributed by atoms with Crippen LogP contribution in [0.2, 0.25) is 15.9 Å². The molecule has 132 valence electrons. The van der Waals surface area contributed by atoms with E-state index in [0.29, 0.717) is 0 Å². The molecule has 0 aromatic heterocycles. The zero-order valence-electron chi connectivity index (χ0n) is 14.8. The van der Waals surface area contributed by atoms with E-state index in [4.69, 9.17) is 27.9 Å². The molecule has 0 bridgehead atoms. The third kappa shape index (κ3) is 3.63. The molecule has 2 rings (SSSR count). The van der Waals surface area contributed by atoms with Crippen LogP contribution >= 0.6 is 27.9 Å². The molecule has 1 aliphatic carbocycles. The van der Waals surface area contributed by atoms with Crippen molar-refractivity contribution in [3.05, 3.63) is 54.1 Å². The maximum atomic E-state index is 6.90. The van der Waals surface area contributed by atoms with Crippen LogP contribution in [0.4, 0.5) is 0 Å². The number of hydrogen-bond acceptors (Lipinski definition) is 0. The van der Waals surface area contributed by atoms with Crippen LogP contribution in [0.5, 0.6) is 0 Å². The number of allylic oxidation sites excluding steroid dienone is 4. The summed E-state index contributed by atoms with van der Waals surface area (Å²) >= 11 is -3.61. The maximum absolute atomic E-state index is 6.90. The molecule has 2 unspecified atom stereocenters. The van der Waals surface area contributed by atoms with Crippen molar-refractivity contribution in [2.75, 3.05) is 0 Å². The molecule has 5 heteroatoms. The molecule has 0 nitrogen and oxygen atoms in total. The molecule has 0 saturated heterocycles. The van der Waals surface area contributed by atoms with Gasteiger partial charge in [0.2, 0.25) is 0 Å². The Morgan fingerprint density at radius 2 is 1.71 bits per heavy atom. The molecule has 0 heterocycles. The van der Waals surface area contributed by atoms with E-state index >= 15 is 0 Å². The first kappa shape index (κ1) is 20.8. The Morgan fingerprint density at radius 3 is 2.25 bits per heavy atom. The SMILES string of the molecule is CCCC[Si](C)(c1ccccc1)[C]1([Ti]([Cl])([Cl])[Cl])C=CC=C1CCC. The van der Waals surface area contributed by atoms with Gasteiger partial charge in [-0.3, -0.25) is 0 Å². The molecule has 1 aromatic carbocycles. The van der Waals surface area contributed by atoms with Crippen LogP contribution < -0.4 is 5.19 Å². The summed E-state index contributed by atoms with van der Waals surface area (Å²) < 4.78 is -0.287. The summed E-state index contributed by atoms with van der Waals surface area (Å²) in [4.78, 5) is 0. The Morgan fingerprint density at radius 1 is 1.04 bits per heavy atom. The standard InChI is InChI=1S/C19H27Si.3ClH.Ti/c1-4-6-16-20(3,18-13-8-7-9-14-18)19-15-10-12-17(19)11-5-2;;;;/h7-10,12-15H,4-6,11,16H2,1-3H3;3*1H;/q;;;;+3/p-3. The first-order valence-electron chi connectivity index (χ1n) is 8.84. The molecule has 0 spiro atoms. The number of halogens is 3. The second-order valence-electron chi connectivity index (χ2n) is 6.91. The molecular formula is C19H27Cl3SiTi. The third-order valence-corrected chi connectivity index (χ3v) is 22.6. The Labute approximate surface area is 163 Å². The minimum atomic E-state index is -3.61. The van der Waals surface area contributed by atoms with Crippen molar-refractivity contribution >= 4 is 41.2 Å². The summed E-state index contributed by atoms with van der Waals surface area (Å²) in [6.07, 6.45) is 11.1. The van der Waals surface area contributed by atoms with Gasteiger partial charge in [0.25, 0.3) is 0 Å². The summed E-state index contributed by atoms with van der Waals surface area (Å²) in [7, 11) is 18.6. The van der Waals surface area contributed by atoms with Gasteiger partial charge in [0.15, 0.2) is 0 Å². The molecule has 2 atom stereocenters. The Kier molecular flexibility index (Phi) is 7.34. The van der Waals surface area contributed by atoms with E-state index in [1.807, 2.05) is 0 Å². The zero-order chi connectivity index (χ0) is 17.8. The van der Waals surface area contributed by atoms with Crippen LogP contribution in [-0.2, 0) is 13.4 Å². The van der Waals surface area contributed by atoms with E-state index in [1.165, 1.54) is 23.6 Å². The van der Waals surface area contributed by atoms with E-state index in [1.54, 1.807) is 0 Å². The van der Waals surface area contributed by atoms with Gasteiger partial charge in [-0.1, -0.05) is 0 Å². The van der Waals surface area contributed by atoms with Crippen LogP contribution in [0.1, 0.15) is 39.5 Å². The fourth-order valence-corrected chi connectivity index (χ4v) is 24.8. The van der Waals surface area contributed by atoms with Crippen LogP contribution in [0.15, 0.2) is 54.1 Å². The summed E-state index contributed by atoms with van der Waals surface area (Å²) in [5.41, 5.74) is 1.37. The molecule has 0 amide bonds. The summed E-state index contributed by atoms with van der Waals surface area (Å²) in [5, 5.41) is 1.42. The molecule has 1 aromatic rings. The molecule has 0 aliphatic heterocycles. The fraction of sp³-hybridized carbons (Fsp3) is 0.474. The van der Waals surface area contributed by atoms with E-state index in [0.717, 1.165) is 18.9 Å². The second-order valence-corrected chi connectivity index (χ2v) is 24.4. The Bertz CT molecular complexity index is 609. The van der Waals surface area contributed by atoms with E-state index in [9.17, 15) is 0 Å². The first-order valence-corrected chi connectivity index (χ1v) is 18.8. The van der Waals surface area contributed by atoms with Crippen LogP contribution in [-0.4, -0.2) is 8.07 Å². The molecule has 24 heavy (non-hydrogen) atoms. The van der Waals surface area contributed by atoms with Gasteiger partial charge in [0, 0.05) is 0 Å². The van der Waals surface area contributed by atoms with Gasteiger partial charge in [0.1, 0.15) is 0 Å². The van der Waals surface area contributed by atoms with Gasteiger partial charge in [-0.2, -0.15) is 0 Å². The normalized spacial score (nSPS) is 23.2. The molecule has 0 N–H and O–H groups in total. The minimum absolute atomic E-state index is 0.287. The Balaban J connectivity index is 2.68. The molecular weight excluding hydrogens is 411 g/mol. The summed E-state index contributed by atoms with van der Waals surface area (Å²) in [6.45, 7) is 6.91. The average molecular weight is 438 g/mol. The van der Waals surface area contributed by atoms with E-state index < -0.39 is 21.5 Å². The monoisotopic (exact) mass is 436 g/mol. The predicted octanol–water partition coefficient (Wildman–Crippen LogP) is 7.38. The first-order chi connectivity index (χ1) is 11.3. The molecule has 1 aliphatic rings. The quantitative estimate of drug-likeness (QED) is 0.372. The van der Waals surface area contributed by atoms with Gasteiger partial charge in [-0.25, -0.2) is 0 Å². The van der Waals surface area contributed by atoms with Crippen LogP contribution in [0.25, 0.3) is 0 Å². The van der Waals surface area contributed by atoms with Gasteiger partial charge in [0.05, 0.1) is 0 Å². The average Bonchev–Trinajstić information content (AvgIpc) is 2.99. The topological polar surface area (TPSA) is 0 Å². The molecule has 0 saturated carbocycles. The van der Waals surface area contributed by atoms with Gasteiger partial charge in [-0.05, 0) is 0 Å². The van der Waals surface area contributed by atoms with Crippen molar-refractivity contribution in [3.8, 4) is 0 Å². The van der Waals surface area contributed by atoms with Crippen molar-refractivity contribution in [2.45, 2.75) is 55.5 Å². The summed E-state index contributed by atoms with van der Waals surface area (Å²) in [5.74, 6) is 0. The molecule has 0 radical (unpaired) electrons. The fourth-order valence-electron chi connectivity index (χ4n) is 4.13. The molecule has 0 fully saturated rings. The zero-order valence-corrected chi connectivity index (χ0v) is 19.6. The van der Waals surface area contributed by atoms with Crippen molar-refractivity contribution in [3.63, 3.8) is 0 Å². The van der Waals surface area contributed by atoms with Crippen molar-refractivity contribution in [1.29, 1.82) is 0 Å². The van der Waals surface area contributed by atoms with Gasteiger partial charge < -0.3 is 0 Å². The summed E-state index contributed by atoms with van der Waals surface area (Å²) in [6, 6.07) is 12.0. The number of rotatable bonds is 8. The number of unbranched alkanes of at least 4 members (excludes halogenated alkanes) is 1.